The van der Waals surface area contributed by atoms with Gasteiger partial charge < -0.3 is 21.5 Å². The number of hydrogen-bond acceptors (Lipinski definition) is 5. The zero-order valence-electron chi connectivity index (χ0n) is 17.4. The number of hydrogen-bond donors (Lipinski definition) is 5. The zero-order valence-corrected chi connectivity index (χ0v) is 17.4. The van der Waals surface area contributed by atoms with Crippen LogP contribution in [0.3, 0.4) is 0 Å². The van der Waals surface area contributed by atoms with Crippen molar-refractivity contribution in [2.24, 2.45) is 5.73 Å². The lowest BCUT2D eigenvalue weighted by atomic mass is 9.95. The van der Waals surface area contributed by atoms with Gasteiger partial charge in [-0.25, -0.2) is 9.78 Å². The van der Waals surface area contributed by atoms with Crippen molar-refractivity contribution >= 4 is 29.3 Å². The molecule has 3 aromatic rings. The standard InChI is InChI=1S/C23H21N5O4/c1-12-3-8-15(16-9-10-18(22(30)26-2)28-19(16)23(31)32)17(11-12)21(29)27-14-6-4-13(5-7-14)20(24)25/h3-11H,1-2H3,(H3,24,25)(H,26,30)(H,27,29)(H,31,32). The highest BCUT2D eigenvalue weighted by Crippen LogP contribution is 2.29. The number of amidine groups is 1. The topological polar surface area (TPSA) is 158 Å². The number of pyridine rings is 1. The Morgan fingerprint density at radius 2 is 1.62 bits per heavy atom. The van der Waals surface area contributed by atoms with Crippen LogP contribution < -0.4 is 16.4 Å². The van der Waals surface area contributed by atoms with Gasteiger partial charge >= 0.3 is 5.97 Å². The normalized spacial score (nSPS) is 10.3. The predicted octanol–water partition coefficient (Wildman–Crippen LogP) is 2.65. The number of amides is 2. The number of aromatic nitrogens is 1. The van der Waals surface area contributed by atoms with Crippen LogP contribution in [0.5, 0.6) is 0 Å². The molecule has 0 saturated heterocycles. The number of benzene rings is 2. The SMILES string of the molecule is CNC(=O)c1ccc(-c2ccc(C)cc2C(=O)Nc2ccc(C(=N)N)cc2)c(C(=O)O)n1. The monoisotopic (exact) mass is 431 g/mol. The molecule has 2 aromatic carbocycles. The number of anilines is 1. The first-order valence-corrected chi connectivity index (χ1v) is 9.54. The van der Waals surface area contributed by atoms with Crippen molar-refractivity contribution in [2.75, 3.05) is 12.4 Å². The van der Waals surface area contributed by atoms with E-state index in [1.807, 2.05) is 6.92 Å². The largest absolute Gasteiger partial charge is 0.476 e. The molecule has 162 valence electrons. The molecule has 32 heavy (non-hydrogen) atoms. The van der Waals surface area contributed by atoms with Crippen LogP contribution in [0.15, 0.2) is 54.6 Å². The smallest absolute Gasteiger partial charge is 0.355 e. The number of carbonyl (C=O) groups is 3. The van der Waals surface area contributed by atoms with Crippen molar-refractivity contribution in [3.05, 3.63) is 82.7 Å². The van der Waals surface area contributed by atoms with E-state index < -0.39 is 17.8 Å². The van der Waals surface area contributed by atoms with Crippen LogP contribution in [-0.2, 0) is 0 Å². The third kappa shape index (κ3) is 4.62. The number of nitrogen functional groups attached to an aromatic ring is 1. The fourth-order valence-corrected chi connectivity index (χ4v) is 3.11. The van der Waals surface area contributed by atoms with E-state index in [1.54, 1.807) is 42.5 Å². The summed E-state index contributed by atoms with van der Waals surface area (Å²) in [5, 5.41) is 22.3. The van der Waals surface area contributed by atoms with Crippen LogP contribution in [0.1, 0.15) is 42.5 Å². The van der Waals surface area contributed by atoms with Gasteiger partial charge in [0.2, 0.25) is 0 Å². The average molecular weight is 431 g/mol. The lowest BCUT2D eigenvalue weighted by Gasteiger charge is -2.14. The maximum absolute atomic E-state index is 13.1. The Kier molecular flexibility index (Phi) is 6.29. The fourth-order valence-electron chi connectivity index (χ4n) is 3.11. The number of carboxylic acids is 1. The maximum Gasteiger partial charge on any atom is 0.355 e. The fraction of sp³-hybridized carbons (Fsp3) is 0.0870. The van der Waals surface area contributed by atoms with Crippen LogP contribution >= 0.6 is 0 Å². The number of nitrogens with zero attached hydrogens (tertiary/aromatic N) is 1. The van der Waals surface area contributed by atoms with Crippen molar-refractivity contribution in [3.8, 4) is 11.1 Å². The second kappa shape index (κ2) is 9.09. The van der Waals surface area contributed by atoms with Gasteiger partial charge in [-0.3, -0.25) is 15.0 Å². The minimum Gasteiger partial charge on any atom is -0.476 e. The van der Waals surface area contributed by atoms with Crippen LogP contribution in [0, 0.1) is 12.3 Å². The van der Waals surface area contributed by atoms with Crippen LogP contribution in [0.25, 0.3) is 11.1 Å². The third-order valence-corrected chi connectivity index (χ3v) is 4.72. The van der Waals surface area contributed by atoms with E-state index in [4.69, 9.17) is 11.1 Å². The van der Waals surface area contributed by atoms with E-state index in [2.05, 4.69) is 15.6 Å². The lowest BCUT2D eigenvalue weighted by Crippen LogP contribution is -2.21. The van der Waals surface area contributed by atoms with Crippen molar-refractivity contribution in [3.63, 3.8) is 0 Å². The van der Waals surface area contributed by atoms with Crippen LogP contribution in [-0.4, -0.2) is 40.8 Å². The van der Waals surface area contributed by atoms with Gasteiger partial charge in [0.25, 0.3) is 11.8 Å². The van der Waals surface area contributed by atoms with Gasteiger partial charge in [0, 0.05) is 29.4 Å². The average Bonchev–Trinajstić information content (AvgIpc) is 2.78. The summed E-state index contributed by atoms with van der Waals surface area (Å²) < 4.78 is 0. The number of carboxylic acid groups (broad SMARTS) is 1. The summed E-state index contributed by atoms with van der Waals surface area (Å²) in [6.07, 6.45) is 0. The Hall–Kier alpha value is -4.53. The molecule has 0 unspecified atom stereocenters. The number of aromatic carboxylic acids is 1. The van der Waals surface area contributed by atoms with Crippen molar-refractivity contribution in [2.45, 2.75) is 6.92 Å². The second-order valence-electron chi connectivity index (χ2n) is 6.97. The van der Waals surface area contributed by atoms with Gasteiger partial charge in [-0.1, -0.05) is 17.7 Å². The van der Waals surface area contributed by atoms with E-state index in [0.29, 0.717) is 16.8 Å². The van der Waals surface area contributed by atoms with Gasteiger partial charge in [-0.15, -0.1) is 0 Å². The molecule has 0 fully saturated rings. The lowest BCUT2D eigenvalue weighted by molar-refractivity contribution is 0.0691. The van der Waals surface area contributed by atoms with Gasteiger partial charge in [-0.05, 0) is 55.0 Å². The molecule has 2 amide bonds. The molecule has 6 N–H and O–H groups in total. The summed E-state index contributed by atoms with van der Waals surface area (Å²) in [6, 6.07) is 14.4. The Labute approximate surface area is 183 Å². The van der Waals surface area contributed by atoms with E-state index in [-0.39, 0.29) is 28.4 Å². The number of rotatable bonds is 6. The summed E-state index contributed by atoms with van der Waals surface area (Å²) in [6.45, 7) is 1.81. The summed E-state index contributed by atoms with van der Waals surface area (Å²) in [5.41, 5.74) is 7.70. The van der Waals surface area contributed by atoms with E-state index in [1.165, 1.54) is 19.2 Å². The van der Waals surface area contributed by atoms with Crippen LogP contribution in [0.4, 0.5) is 5.69 Å². The molecule has 0 bridgehead atoms. The minimum atomic E-state index is -1.32. The molecule has 0 atom stereocenters. The van der Waals surface area contributed by atoms with Crippen LogP contribution in [0.2, 0.25) is 0 Å². The number of carbonyl (C=O) groups excluding carboxylic acids is 2. The molecule has 0 aliphatic heterocycles. The van der Waals surface area contributed by atoms with Gasteiger partial charge in [-0.2, -0.15) is 0 Å². The molecule has 9 heteroatoms. The Balaban J connectivity index is 2.05. The van der Waals surface area contributed by atoms with Gasteiger partial charge in [0.05, 0.1) is 0 Å². The number of aryl methyl sites for hydroxylation is 1. The molecule has 3 rings (SSSR count). The molecule has 0 spiro atoms. The maximum atomic E-state index is 13.1. The highest BCUT2D eigenvalue weighted by Gasteiger charge is 2.21. The number of nitrogens with two attached hydrogens (primary N) is 1. The molecule has 1 aromatic heterocycles. The molecule has 0 aliphatic rings. The Morgan fingerprint density at radius 1 is 0.969 bits per heavy atom. The molecule has 1 heterocycles. The molecule has 0 radical (unpaired) electrons. The van der Waals surface area contributed by atoms with Crippen molar-refractivity contribution in [1.82, 2.24) is 10.3 Å². The molecule has 0 saturated carbocycles. The minimum absolute atomic E-state index is 0.0441. The highest BCUT2D eigenvalue weighted by molar-refractivity contribution is 6.10. The summed E-state index contributed by atoms with van der Waals surface area (Å²) in [4.78, 5) is 40.8. The van der Waals surface area contributed by atoms with Gasteiger partial charge in [0.1, 0.15) is 11.5 Å². The number of nitrogens with one attached hydrogen (secondary N) is 3. The quantitative estimate of drug-likeness (QED) is 0.298. The predicted molar refractivity (Wildman–Crippen MR) is 120 cm³/mol. The second-order valence-corrected chi connectivity index (χ2v) is 6.97. The van der Waals surface area contributed by atoms with E-state index >= 15 is 0 Å². The van der Waals surface area contributed by atoms with Crippen molar-refractivity contribution < 1.29 is 19.5 Å². The Morgan fingerprint density at radius 3 is 2.22 bits per heavy atom. The first-order chi connectivity index (χ1) is 15.2. The van der Waals surface area contributed by atoms with Crippen molar-refractivity contribution in [1.29, 1.82) is 5.41 Å². The molecular weight excluding hydrogens is 410 g/mol. The first-order valence-electron chi connectivity index (χ1n) is 9.54. The summed E-state index contributed by atoms with van der Waals surface area (Å²) in [5.74, 6) is -2.38. The van der Waals surface area contributed by atoms with E-state index in [0.717, 1.165) is 5.56 Å². The third-order valence-electron chi connectivity index (χ3n) is 4.72. The molecule has 9 nitrogen and oxygen atoms in total. The zero-order chi connectivity index (χ0) is 23.4. The Bertz CT molecular complexity index is 1240. The summed E-state index contributed by atoms with van der Waals surface area (Å²) >= 11 is 0. The highest BCUT2D eigenvalue weighted by atomic mass is 16.4. The summed E-state index contributed by atoms with van der Waals surface area (Å²) in [7, 11) is 1.42. The van der Waals surface area contributed by atoms with Gasteiger partial charge in [0.15, 0.2) is 5.69 Å². The van der Waals surface area contributed by atoms with E-state index in [9.17, 15) is 19.5 Å². The first kappa shape index (κ1) is 22.2. The molecule has 0 aliphatic carbocycles. The molecular formula is C23H21N5O4.